The highest BCUT2D eigenvalue weighted by atomic mass is 35.5. The summed E-state index contributed by atoms with van der Waals surface area (Å²) in [4.78, 5) is 19.3. The van der Waals surface area contributed by atoms with Gasteiger partial charge in [0.1, 0.15) is 30.4 Å². The Bertz CT molecular complexity index is 1520. The molecule has 230 valence electrons. The number of nitrogens with zero attached hydrogens (tertiary/aromatic N) is 5. The summed E-state index contributed by atoms with van der Waals surface area (Å²) >= 11 is 5.96. The van der Waals surface area contributed by atoms with Crippen LogP contribution in [0.3, 0.4) is 0 Å². The Kier molecular flexibility index (Phi) is 9.48. The molecule has 3 aromatic carbocycles. The summed E-state index contributed by atoms with van der Waals surface area (Å²) in [6.45, 7) is 6.49. The molecular formula is C33H36ClN5O5. The number of hydrogen-bond donors (Lipinski definition) is 0. The highest BCUT2D eigenvalue weighted by molar-refractivity contribution is 6.30. The third-order valence-corrected chi connectivity index (χ3v) is 8.26. The smallest absolute Gasteiger partial charge is 0.414 e. The topological polar surface area (TPSA) is 95.1 Å². The molecule has 4 aromatic rings. The van der Waals surface area contributed by atoms with Crippen LogP contribution in [0.1, 0.15) is 24.0 Å². The highest BCUT2D eigenvalue weighted by Crippen LogP contribution is 2.26. The Hall–Kier alpha value is -4.28. The average Bonchev–Trinajstić information content (AvgIpc) is 3.49. The molecule has 2 aliphatic heterocycles. The van der Waals surface area contributed by atoms with E-state index in [2.05, 4.69) is 63.3 Å². The zero-order valence-electron chi connectivity index (χ0n) is 24.5. The maximum Gasteiger partial charge on any atom is 0.414 e. The van der Waals surface area contributed by atoms with E-state index in [1.165, 1.54) is 23.0 Å². The van der Waals surface area contributed by atoms with E-state index >= 15 is 0 Å². The normalized spacial score (nSPS) is 16.7. The van der Waals surface area contributed by atoms with Crippen LogP contribution in [0, 0.1) is 10.1 Å². The van der Waals surface area contributed by atoms with E-state index in [9.17, 15) is 10.1 Å². The fraction of sp³-hybridized carbons (Fsp3) is 0.364. The highest BCUT2D eigenvalue weighted by Gasteiger charge is 2.28. The first kappa shape index (κ1) is 29.8. The van der Waals surface area contributed by atoms with Crippen LogP contribution in [0.15, 0.2) is 79.0 Å². The fourth-order valence-corrected chi connectivity index (χ4v) is 5.64. The van der Waals surface area contributed by atoms with Gasteiger partial charge in [0, 0.05) is 61.4 Å². The van der Waals surface area contributed by atoms with E-state index in [0.29, 0.717) is 26.2 Å². The molecule has 0 unspecified atom stereocenters. The van der Waals surface area contributed by atoms with Gasteiger partial charge in [-0.05, 0) is 77.4 Å². The summed E-state index contributed by atoms with van der Waals surface area (Å²) in [5, 5.41) is 11.7. The number of imidazole rings is 1. The molecule has 10 nitrogen and oxygen atoms in total. The van der Waals surface area contributed by atoms with E-state index < -0.39 is 4.92 Å². The van der Waals surface area contributed by atoms with Crippen LogP contribution in [0.2, 0.25) is 5.02 Å². The average molecular weight is 618 g/mol. The summed E-state index contributed by atoms with van der Waals surface area (Å²) < 4.78 is 19.4. The van der Waals surface area contributed by atoms with Crippen LogP contribution >= 0.6 is 11.6 Å². The van der Waals surface area contributed by atoms with E-state index in [0.717, 1.165) is 62.1 Å². The number of ether oxygens (including phenoxy) is 3. The van der Waals surface area contributed by atoms with Crippen LogP contribution in [0.4, 0.5) is 11.5 Å². The lowest BCUT2D eigenvalue weighted by atomic mass is 10.1. The molecule has 11 heteroatoms. The molecule has 1 aromatic heterocycles. The minimum atomic E-state index is -0.510. The second-order valence-corrected chi connectivity index (χ2v) is 11.6. The molecular weight excluding hydrogens is 582 g/mol. The third-order valence-electron chi connectivity index (χ3n) is 8.01. The van der Waals surface area contributed by atoms with Crippen molar-refractivity contribution >= 4 is 23.1 Å². The van der Waals surface area contributed by atoms with Crippen molar-refractivity contribution in [2.45, 2.75) is 38.5 Å². The SMILES string of the molecule is O=[N+]([O-])c1cn2c(n1)O[C@@H](COc1ccc(N3CCN(Cc4ccc(OCCCc5ccc(Cl)cc5)cc4)CC3)cc1)CC2. The van der Waals surface area contributed by atoms with Crippen molar-refractivity contribution < 1.29 is 19.1 Å². The van der Waals surface area contributed by atoms with E-state index in [-0.39, 0.29) is 17.9 Å². The van der Waals surface area contributed by atoms with Gasteiger partial charge in [-0.1, -0.05) is 35.9 Å². The minimum absolute atomic E-state index is 0.199. The Morgan fingerprint density at radius 1 is 0.886 bits per heavy atom. The van der Waals surface area contributed by atoms with Gasteiger partial charge in [-0.15, -0.1) is 0 Å². The molecule has 0 radical (unpaired) electrons. The van der Waals surface area contributed by atoms with Crippen molar-refractivity contribution in [3.05, 3.63) is 105 Å². The largest absolute Gasteiger partial charge is 0.494 e. The molecule has 3 heterocycles. The van der Waals surface area contributed by atoms with Crippen LogP contribution < -0.4 is 19.1 Å². The van der Waals surface area contributed by atoms with Crippen LogP contribution in [-0.2, 0) is 19.5 Å². The van der Waals surface area contributed by atoms with Crippen molar-refractivity contribution in [1.82, 2.24) is 14.5 Å². The van der Waals surface area contributed by atoms with Gasteiger partial charge in [-0.3, -0.25) is 9.47 Å². The number of hydrogen-bond acceptors (Lipinski definition) is 8. The summed E-state index contributed by atoms with van der Waals surface area (Å²) in [5.74, 6) is 1.48. The van der Waals surface area contributed by atoms with E-state index in [1.807, 2.05) is 24.3 Å². The van der Waals surface area contributed by atoms with Crippen molar-refractivity contribution in [3.63, 3.8) is 0 Å². The number of rotatable bonds is 12. The lowest BCUT2D eigenvalue weighted by molar-refractivity contribution is -0.389. The molecule has 44 heavy (non-hydrogen) atoms. The maximum atomic E-state index is 11.0. The van der Waals surface area contributed by atoms with Crippen molar-refractivity contribution in [2.24, 2.45) is 0 Å². The predicted molar refractivity (Wildman–Crippen MR) is 169 cm³/mol. The molecule has 0 amide bonds. The molecule has 2 aliphatic rings. The van der Waals surface area contributed by atoms with Crippen LogP contribution in [-0.4, -0.2) is 64.9 Å². The quantitative estimate of drug-likeness (QED) is 0.108. The van der Waals surface area contributed by atoms with E-state index in [1.54, 1.807) is 4.57 Å². The molecule has 6 rings (SSSR count). The van der Waals surface area contributed by atoms with Crippen molar-refractivity contribution in [1.29, 1.82) is 0 Å². The Morgan fingerprint density at radius 2 is 1.57 bits per heavy atom. The lowest BCUT2D eigenvalue weighted by Gasteiger charge is -2.36. The molecule has 1 saturated heterocycles. The first-order valence-corrected chi connectivity index (χ1v) is 15.4. The molecule has 0 bridgehead atoms. The second kappa shape index (κ2) is 14.0. The monoisotopic (exact) mass is 617 g/mol. The van der Waals surface area contributed by atoms with Gasteiger partial charge in [0.25, 0.3) is 0 Å². The number of nitro groups is 1. The predicted octanol–water partition coefficient (Wildman–Crippen LogP) is 6.01. The second-order valence-electron chi connectivity index (χ2n) is 11.2. The standard InChI is InChI=1S/C33H36ClN5O5/c34-27-7-3-25(4-8-27)2-1-21-42-29-11-5-26(6-12-29)22-36-17-19-37(20-18-36)28-9-13-30(14-10-28)43-24-31-15-16-38-23-32(39(40)41)35-33(38)44-31/h3-14,23,31H,1-2,15-22,24H2/t31-/m1/s1. The Balaban J connectivity index is 0.891. The molecule has 1 atom stereocenters. The zero-order chi connectivity index (χ0) is 30.3. The lowest BCUT2D eigenvalue weighted by Crippen LogP contribution is -2.45. The van der Waals surface area contributed by atoms with Crippen LogP contribution in [0.5, 0.6) is 17.5 Å². The number of benzene rings is 3. The molecule has 0 spiro atoms. The van der Waals surface area contributed by atoms with Gasteiger partial charge in [-0.2, -0.15) is 0 Å². The van der Waals surface area contributed by atoms with Gasteiger partial charge in [-0.25, -0.2) is 0 Å². The summed E-state index contributed by atoms with van der Waals surface area (Å²) in [5.41, 5.74) is 3.74. The molecule has 1 fully saturated rings. The first-order chi connectivity index (χ1) is 21.5. The number of anilines is 1. The minimum Gasteiger partial charge on any atom is -0.494 e. The fourth-order valence-electron chi connectivity index (χ4n) is 5.51. The zero-order valence-corrected chi connectivity index (χ0v) is 25.3. The number of aryl methyl sites for hydroxylation is 2. The number of halogens is 1. The number of piperazine rings is 1. The molecule has 0 saturated carbocycles. The van der Waals surface area contributed by atoms with Crippen molar-refractivity contribution in [2.75, 3.05) is 44.3 Å². The van der Waals surface area contributed by atoms with Gasteiger partial charge in [0.15, 0.2) is 0 Å². The third kappa shape index (κ3) is 7.81. The Labute approximate surface area is 261 Å². The summed E-state index contributed by atoms with van der Waals surface area (Å²) in [6, 6.07) is 24.9. The maximum absolute atomic E-state index is 11.0. The number of aromatic nitrogens is 2. The van der Waals surface area contributed by atoms with Gasteiger partial charge >= 0.3 is 11.8 Å². The Morgan fingerprint density at radius 3 is 2.30 bits per heavy atom. The molecule has 0 aliphatic carbocycles. The van der Waals surface area contributed by atoms with Gasteiger partial charge in [0.2, 0.25) is 0 Å². The van der Waals surface area contributed by atoms with Gasteiger partial charge in [0.05, 0.1) is 6.61 Å². The van der Waals surface area contributed by atoms with Crippen molar-refractivity contribution in [3.8, 4) is 17.5 Å². The van der Waals surface area contributed by atoms with Crippen LogP contribution in [0.25, 0.3) is 0 Å². The van der Waals surface area contributed by atoms with Gasteiger partial charge < -0.3 is 29.2 Å². The molecule has 0 N–H and O–H groups in total. The number of fused-ring (bicyclic) bond motifs is 1. The first-order valence-electron chi connectivity index (χ1n) is 15.0. The van der Waals surface area contributed by atoms with E-state index in [4.69, 9.17) is 25.8 Å². The summed E-state index contributed by atoms with van der Waals surface area (Å²) in [6.07, 6.45) is 3.84. The summed E-state index contributed by atoms with van der Waals surface area (Å²) in [7, 11) is 0.